The first kappa shape index (κ1) is 38.0. The Labute approximate surface area is 317 Å². The van der Waals surface area contributed by atoms with Gasteiger partial charge in [0.05, 0.1) is 22.3 Å². The number of halogens is 1. The molecule has 4 bridgehead atoms. The second-order valence-corrected chi connectivity index (χ2v) is 17.7. The van der Waals surface area contributed by atoms with Crippen LogP contribution in [0.2, 0.25) is 0 Å². The first-order chi connectivity index (χ1) is 24.9. The van der Waals surface area contributed by atoms with Gasteiger partial charge in [0.2, 0.25) is 27.7 Å². The van der Waals surface area contributed by atoms with Crippen LogP contribution in [0.15, 0.2) is 49.2 Å². The number of alkyl carbamates (subject to hydrolysis) is 1. The van der Waals surface area contributed by atoms with Crippen molar-refractivity contribution in [1.82, 2.24) is 25.2 Å². The molecule has 13 nitrogen and oxygen atoms in total. The summed E-state index contributed by atoms with van der Waals surface area (Å²) >= 11 is 1.92. The van der Waals surface area contributed by atoms with Gasteiger partial charge in [-0.25, -0.2) is 18.2 Å². The molecule has 1 aromatic heterocycles. The van der Waals surface area contributed by atoms with Crippen molar-refractivity contribution in [3.8, 4) is 5.88 Å². The number of hydrogen-bond donors (Lipinski definition) is 3. The predicted octanol–water partition coefficient (Wildman–Crippen LogP) is 4.39. The van der Waals surface area contributed by atoms with Crippen molar-refractivity contribution in [2.45, 2.75) is 98.1 Å². The number of amides is 4. The molecule has 2 aliphatic carbocycles. The molecule has 1 saturated heterocycles. The number of cyclic esters (lactones) is 1. The standard InChI is InChI=1S/C37H46IN5O8S/c1-3-29(38)32(34(45)42-52(48,49)27-14-15-27)40-33(44)30-19-26-20-43(30)36(46)31(25-10-5-4-6-11-25)41-37(47)50-21-22(2)8-7-9-23-12-13-24-16-17-39-35(51-26)28(24)18-23/h3,7,9,12-13,16-18,22,25-27,29-32H,1,4-6,8,10-11,14-15,19-21H2,2H3,(H,40,44)(H,41,47)(H,42,45)/b9-7+/t22-,26+,29-,30-,31-,32?/m0/s1. The Bertz CT molecular complexity index is 1830. The molecule has 1 aromatic carbocycles. The largest absolute Gasteiger partial charge is 0.472 e. The molecule has 52 heavy (non-hydrogen) atoms. The zero-order valence-electron chi connectivity index (χ0n) is 29.2. The van der Waals surface area contributed by atoms with E-state index in [-0.39, 0.29) is 31.4 Å². The third kappa shape index (κ3) is 9.07. The zero-order valence-corrected chi connectivity index (χ0v) is 32.1. The fourth-order valence-corrected chi connectivity index (χ4v) is 8.99. The first-order valence-corrected chi connectivity index (χ1v) is 20.8. The normalized spacial score (nSPS) is 26.5. The van der Waals surface area contributed by atoms with Gasteiger partial charge in [0, 0.05) is 18.0 Å². The average Bonchev–Trinajstić information content (AvgIpc) is 3.92. The van der Waals surface area contributed by atoms with Gasteiger partial charge in [-0.05, 0) is 67.0 Å². The summed E-state index contributed by atoms with van der Waals surface area (Å²) in [4.78, 5) is 61.4. The smallest absolute Gasteiger partial charge is 0.407 e. The molecular formula is C37H46IN5O8S. The summed E-state index contributed by atoms with van der Waals surface area (Å²) in [7, 11) is -3.90. The fraction of sp³-hybridized carbons (Fsp3) is 0.541. The quantitative estimate of drug-likeness (QED) is 0.198. The Kier molecular flexibility index (Phi) is 12.1. The Morgan fingerprint density at radius 1 is 1.13 bits per heavy atom. The van der Waals surface area contributed by atoms with Crippen molar-refractivity contribution in [2.75, 3.05) is 13.2 Å². The molecule has 3 fully saturated rings. The third-order valence-corrected chi connectivity index (χ3v) is 13.3. The molecule has 2 saturated carbocycles. The molecule has 3 heterocycles. The molecule has 1 unspecified atom stereocenters. The number of pyridine rings is 1. The second-order valence-electron chi connectivity index (χ2n) is 14.3. The highest BCUT2D eigenvalue weighted by molar-refractivity contribution is 14.1. The summed E-state index contributed by atoms with van der Waals surface area (Å²) in [6.45, 7) is 5.88. The molecule has 0 spiro atoms. The van der Waals surface area contributed by atoms with Gasteiger partial charge in [-0.15, -0.1) is 6.58 Å². The molecule has 3 N–H and O–H groups in total. The van der Waals surface area contributed by atoms with Crippen molar-refractivity contribution in [3.63, 3.8) is 0 Å². The minimum Gasteiger partial charge on any atom is -0.472 e. The van der Waals surface area contributed by atoms with Gasteiger partial charge in [0.15, 0.2) is 0 Å². The number of aromatic nitrogens is 1. The number of sulfonamides is 1. The van der Waals surface area contributed by atoms with E-state index in [2.05, 4.69) is 26.9 Å². The van der Waals surface area contributed by atoms with E-state index in [0.717, 1.165) is 48.4 Å². The molecule has 280 valence electrons. The monoisotopic (exact) mass is 847 g/mol. The maximum Gasteiger partial charge on any atom is 0.407 e. The molecule has 4 aliphatic rings. The highest BCUT2D eigenvalue weighted by atomic mass is 127. The lowest BCUT2D eigenvalue weighted by Gasteiger charge is -2.34. The van der Waals surface area contributed by atoms with Crippen LogP contribution in [0.5, 0.6) is 5.88 Å². The topological polar surface area (TPSA) is 173 Å². The lowest BCUT2D eigenvalue weighted by Crippen LogP contribution is -2.59. The van der Waals surface area contributed by atoms with E-state index in [0.29, 0.717) is 25.1 Å². The summed E-state index contributed by atoms with van der Waals surface area (Å²) in [5.74, 6) is -1.80. The Morgan fingerprint density at radius 2 is 1.90 bits per heavy atom. The summed E-state index contributed by atoms with van der Waals surface area (Å²) in [5.41, 5.74) is 0.928. The van der Waals surface area contributed by atoms with Gasteiger partial charge in [-0.3, -0.25) is 19.1 Å². The average molecular weight is 848 g/mol. The Balaban J connectivity index is 1.34. The molecule has 2 aromatic rings. The van der Waals surface area contributed by atoms with Gasteiger partial charge >= 0.3 is 6.09 Å². The zero-order chi connectivity index (χ0) is 37.0. The van der Waals surface area contributed by atoms with Gasteiger partial charge < -0.3 is 25.0 Å². The van der Waals surface area contributed by atoms with Crippen molar-refractivity contribution >= 4 is 73.3 Å². The number of allylic oxidation sites excluding steroid dienone is 1. The van der Waals surface area contributed by atoms with Crippen molar-refractivity contribution in [2.24, 2.45) is 11.8 Å². The maximum absolute atomic E-state index is 14.7. The van der Waals surface area contributed by atoms with Crippen LogP contribution >= 0.6 is 22.6 Å². The molecule has 4 amide bonds. The number of alkyl halides is 1. The van der Waals surface area contributed by atoms with Gasteiger partial charge in [-0.1, -0.05) is 79.1 Å². The van der Waals surface area contributed by atoms with Gasteiger partial charge in [0.25, 0.3) is 5.91 Å². The number of carbonyl (C=O) groups is 4. The second kappa shape index (κ2) is 16.5. The van der Waals surface area contributed by atoms with Crippen LogP contribution in [0.1, 0.15) is 70.3 Å². The number of nitrogens with zero attached hydrogens (tertiary/aromatic N) is 2. The van der Waals surface area contributed by atoms with Crippen molar-refractivity contribution < 1.29 is 37.1 Å². The minimum atomic E-state index is -3.90. The first-order valence-electron chi connectivity index (χ1n) is 18.0. The van der Waals surface area contributed by atoms with Crippen molar-refractivity contribution in [3.05, 3.63) is 54.8 Å². The van der Waals surface area contributed by atoms with E-state index in [1.807, 2.05) is 65.9 Å². The van der Waals surface area contributed by atoms with E-state index < -0.39 is 67.2 Å². The molecule has 6 rings (SSSR count). The number of nitrogens with one attached hydrogen (secondary N) is 3. The highest BCUT2D eigenvalue weighted by Gasteiger charge is 2.47. The molecule has 0 radical (unpaired) electrons. The molecule has 2 aliphatic heterocycles. The maximum atomic E-state index is 14.7. The van der Waals surface area contributed by atoms with Gasteiger partial charge in [-0.2, -0.15) is 0 Å². The van der Waals surface area contributed by atoms with Crippen LogP contribution in [0.25, 0.3) is 16.8 Å². The fourth-order valence-electron chi connectivity index (χ4n) is 7.15. The van der Waals surface area contributed by atoms with E-state index in [1.54, 1.807) is 6.20 Å². The number of hydrogen-bond acceptors (Lipinski definition) is 9. The lowest BCUT2D eigenvalue weighted by atomic mass is 9.83. The number of carbonyl (C=O) groups excluding carboxylic acids is 4. The molecule has 6 atom stereocenters. The predicted molar refractivity (Wildman–Crippen MR) is 204 cm³/mol. The summed E-state index contributed by atoms with van der Waals surface area (Å²) in [5, 5.41) is 6.62. The SMILES string of the molecule is C=C[C@H](I)C(NC(=O)[C@@H]1C[C@@H]2CN1C(=O)[C@H](C1CCCCC1)NC(=O)OC[C@@H](C)C/C=C/c1ccc3ccnc(c3c1)O2)C(=O)NS(=O)(=O)C1CC1. The van der Waals surface area contributed by atoms with Crippen LogP contribution in [-0.2, 0) is 29.1 Å². The number of benzene rings is 1. The number of rotatable bonds is 8. The van der Waals surface area contributed by atoms with Crippen LogP contribution < -0.4 is 20.1 Å². The number of fused-ring (bicyclic) bond motifs is 3. The van der Waals surface area contributed by atoms with Crippen LogP contribution in [0, 0.1) is 11.8 Å². The summed E-state index contributed by atoms with van der Waals surface area (Å²) < 4.78 is 38.9. The van der Waals surface area contributed by atoms with Crippen LogP contribution in [0.4, 0.5) is 4.79 Å². The van der Waals surface area contributed by atoms with E-state index in [4.69, 9.17) is 9.47 Å². The lowest BCUT2D eigenvalue weighted by molar-refractivity contribution is -0.142. The van der Waals surface area contributed by atoms with Crippen LogP contribution in [-0.4, -0.2) is 88.7 Å². The van der Waals surface area contributed by atoms with Crippen molar-refractivity contribution in [1.29, 1.82) is 0 Å². The Hall–Kier alpha value is -3.73. The summed E-state index contributed by atoms with van der Waals surface area (Å²) in [6, 6.07) is 4.46. The Morgan fingerprint density at radius 3 is 2.63 bits per heavy atom. The van der Waals surface area contributed by atoms with E-state index >= 15 is 0 Å². The van der Waals surface area contributed by atoms with Gasteiger partial charge in [0.1, 0.15) is 24.2 Å². The summed E-state index contributed by atoms with van der Waals surface area (Å²) in [6.07, 6.45) is 11.6. The number of ether oxygens (including phenoxy) is 2. The molecule has 15 heteroatoms. The molecular weight excluding hydrogens is 801 g/mol. The van der Waals surface area contributed by atoms with E-state index in [9.17, 15) is 27.6 Å². The third-order valence-electron chi connectivity index (χ3n) is 10.2. The minimum absolute atomic E-state index is 0.00755. The van der Waals surface area contributed by atoms with E-state index in [1.165, 1.54) is 11.0 Å². The highest BCUT2D eigenvalue weighted by Crippen LogP contribution is 2.33. The van der Waals surface area contributed by atoms with Crippen LogP contribution in [0.3, 0.4) is 0 Å².